The first kappa shape index (κ1) is 18.0. The number of aromatic amines is 1. The number of hydrogen-bond acceptors (Lipinski definition) is 2. The predicted molar refractivity (Wildman–Crippen MR) is 96.4 cm³/mol. The molecule has 0 bridgehead atoms. The second-order valence-corrected chi connectivity index (χ2v) is 6.25. The maximum atomic E-state index is 13.0. The molecule has 0 aliphatic rings. The van der Waals surface area contributed by atoms with Crippen LogP contribution in [0.2, 0.25) is 0 Å². The molecule has 1 aromatic heterocycles. The van der Waals surface area contributed by atoms with Crippen molar-refractivity contribution in [2.24, 2.45) is 0 Å². The van der Waals surface area contributed by atoms with Crippen LogP contribution < -0.4 is 0 Å². The van der Waals surface area contributed by atoms with E-state index in [-0.39, 0.29) is 11.7 Å². The number of amides is 1. The van der Waals surface area contributed by atoms with Crippen molar-refractivity contribution in [2.75, 3.05) is 6.54 Å². The number of rotatable bonds is 7. The Morgan fingerprint density at radius 3 is 2.33 bits per heavy atom. The Morgan fingerprint density at radius 1 is 1.12 bits per heavy atom. The van der Waals surface area contributed by atoms with Crippen LogP contribution in [-0.4, -0.2) is 28.1 Å². The maximum absolute atomic E-state index is 13.0. The van der Waals surface area contributed by atoms with Gasteiger partial charge in [-0.1, -0.05) is 43.7 Å². The molecule has 0 fully saturated rings. The maximum Gasteiger partial charge on any atom is 0.270 e. The van der Waals surface area contributed by atoms with Crippen LogP contribution in [0.5, 0.6) is 0 Å². The molecule has 0 atom stereocenters. The number of benzene rings is 1. The Kier molecular flexibility index (Phi) is 5.96. The number of carbonyl (C=O) groups is 2. The highest BCUT2D eigenvalue weighted by molar-refractivity contribution is 6.02. The lowest BCUT2D eigenvalue weighted by atomic mass is 10.1. The van der Waals surface area contributed by atoms with Gasteiger partial charge in [0.1, 0.15) is 5.69 Å². The number of carbonyl (C=O) groups excluding carboxylic acids is 2. The van der Waals surface area contributed by atoms with Crippen molar-refractivity contribution in [1.29, 1.82) is 0 Å². The largest absolute Gasteiger partial charge is 0.354 e. The fourth-order valence-corrected chi connectivity index (χ4v) is 3.06. The summed E-state index contributed by atoms with van der Waals surface area (Å²) in [6, 6.07) is 9.99. The van der Waals surface area contributed by atoms with Gasteiger partial charge in [0.05, 0.1) is 0 Å². The molecule has 1 N–H and O–H groups in total. The first-order valence-corrected chi connectivity index (χ1v) is 8.49. The number of nitrogens with one attached hydrogen (secondary N) is 1. The second-order valence-electron chi connectivity index (χ2n) is 6.25. The lowest BCUT2D eigenvalue weighted by molar-refractivity contribution is 0.0734. The molecule has 24 heavy (non-hydrogen) atoms. The summed E-state index contributed by atoms with van der Waals surface area (Å²) in [5, 5.41) is 0. The van der Waals surface area contributed by atoms with Crippen molar-refractivity contribution < 1.29 is 9.59 Å². The van der Waals surface area contributed by atoms with E-state index < -0.39 is 0 Å². The molecular weight excluding hydrogens is 300 g/mol. The highest BCUT2D eigenvalue weighted by Crippen LogP contribution is 2.21. The zero-order valence-electron chi connectivity index (χ0n) is 15.0. The van der Waals surface area contributed by atoms with E-state index >= 15 is 0 Å². The molecule has 0 radical (unpaired) electrons. The minimum absolute atomic E-state index is 0.0107. The lowest BCUT2D eigenvalue weighted by Gasteiger charge is -2.22. The summed E-state index contributed by atoms with van der Waals surface area (Å²) in [5.41, 5.74) is 3.78. The van der Waals surface area contributed by atoms with Crippen LogP contribution in [0.3, 0.4) is 0 Å². The fourth-order valence-electron chi connectivity index (χ4n) is 3.06. The number of Topliss-reactive ketones (excluding diaryl/α,β-unsaturated/α-hetero) is 1. The molecule has 1 heterocycles. The van der Waals surface area contributed by atoms with Crippen LogP contribution in [0.4, 0.5) is 0 Å². The Balaban J connectivity index is 2.31. The van der Waals surface area contributed by atoms with Crippen molar-refractivity contribution in [2.45, 2.75) is 47.1 Å². The molecule has 0 aliphatic carbocycles. The molecule has 2 aromatic rings. The minimum atomic E-state index is -0.0413. The Labute approximate surface area is 143 Å². The van der Waals surface area contributed by atoms with Gasteiger partial charge in [0.15, 0.2) is 5.78 Å². The van der Waals surface area contributed by atoms with Gasteiger partial charge in [-0.2, -0.15) is 0 Å². The topological polar surface area (TPSA) is 53.2 Å². The van der Waals surface area contributed by atoms with Crippen LogP contribution >= 0.6 is 0 Å². The van der Waals surface area contributed by atoms with Gasteiger partial charge in [-0.25, -0.2) is 0 Å². The van der Waals surface area contributed by atoms with E-state index in [1.807, 2.05) is 49.1 Å². The summed E-state index contributed by atoms with van der Waals surface area (Å²) in [4.78, 5) is 29.8. The van der Waals surface area contributed by atoms with Crippen LogP contribution in [0.15, 0.2) is 30.3 Å². The number of hydrogen-bond donors (Lipinski definition) is 1. The summed E-state index contributed by atoms with van der Waals surface area (Å²) in [6.45, 7) is 8.62. The van der Waals surface area contributed by atoms with Crippen molar-refractivity contribution >= 4 is 11.7 Å². The van der Waals surface area contributed by atoms with Gasteiger partial charge in [0.2, 0.25) is 0 Å². The SMILES string of the molecule is CCCCN(Cc1ccccc1)C(=O)c1[nH]c(C)c(C(C)=O)c1C. The van der Waals surface area contributed by atoms with E-state index in [2.05, 4.69) is 11.9 Å². The van der Waals surface area contributed by atoms with Gasteiger partial charge < -0.3 is 9.88 Å². The molecule has 2 rings (SSSR count). The summed E-state index contributed by atoms with van der Waals surface area (Å²) >= 11 is 0. The van der Waals surface area contributed by atoms with Gasteiger partial charge in [-0.05, 0) is 38.3 Å². The van der Waals surface area contributed by atoms with E-state index in [1.54, 1.807) is 0 Å². The zero-order chi connectivity index (χ0) is 17.7. The van der Waals surface area contributed by atoms with Gasteiger partial charge in [-0.3, -0.25) is 9.59 Å². The third-order valence-electron chi connectivity index (χ3n) is 4.29. The van der Waals surface area contributed by atoms with Crippen molar-refractivity contribution in [1.82, 2.24) is 9.88 Å². The monoisotopic (exact) mass is 326 g/mol. The molecule has 4 nitrogen and oxygen atoms in total. The number of H-pyrrole nitrogens is 1. The Hall–Kier alpha value is -2.36. The van der Waals surface area contributed by atoms with Gasteiger partial charge in [-0.15, -0.1) is 0 Å². The number of nitrogens with zero attached hydrogens (tertiary/aromatic N) is 1. The summed E-state index contributed by atoms with van der Waals surface area (Å²) in [6.07, 6.45) is 1.98. The number of ketones is 1. The summed E-state index contributed by atoms with van der Waals surface area (Å²) in [7, 11) is 0. The third kappa shape index (κ3) is 3.94. The Bertz CT molecular complexity index is 717. The molecule has 0 unspecified atom stereocenters. The van der Waals surface area contributed by atoms with Crippen LogP contribution in [0.1, 0.15) is 64.4 Å². The number of unbranched alkanes of at least 4 members (excludes halogenated alkanes) is 1. The lowest BCUT2D eigenvalue weighted by Crippen LogP contribution is -2.32. The molecule has 0 saturated heterocycles. The molecule has 1 amide bonds. The average Bonchev–Trinajstić information content (AvgIpc) is 2.86. The molecule has 0 aliphatic heterocycles. The first-order chi connectivity index (χ1) is 11.5. The highest BCUT2D eigenvalue weighted by Gasteiger charge is 2.23. The van der Waals surface area contributed by atoms with E-state index in [0.717, 1.165) is 29.7 Å². The van der Waals surface area contributed by atoms with E-state index in [9.17, 15) is 9.59 Å². The van der Waals surface area contributed by atoms with Crippen molar-refractivity contribution in [3.63, 3.8) is 0 Å². The van der Waals surface area contributed by atoms with Gasteiger partial charge >= 0.3 is 0 Å². The molecular formula is C20H26N2O2. The van der Waals surface area contributed by atoms with Gasteiger partial charge in [0.25, 0.3) is 5.91 Å². The quantitative estimate of drug-likeness (QED) is 0.772. The average molecular weight is 326 g/mol. The summed E-state index contributed by atoms with van der Waals surface area (Å²) < 4.78 is 0. The van der Waals surface area contributed by atoms with Crippen LogP contribution in [0, 0.1) is 13.8 Å². The standard InChI is InChI=1S/C20H26N2O2/c1-5-6-12-22(13-17-10-8-7-9-11-17)20(24)19-14(2)18(16(4)23)15(3)21-19/h7-11,21H,5-6,12-13H2,1-4H3. The Morgan fingerprint density at radius 2 is 1.79 bits per heavy atom. The fraction of sp³-hybridized carbons (Fsp3) is 0.400. The summed E-state index contributed by atoms with van der Waals surface area (Å²) in [5.74, 6) is -0.0520. The molecule has 0 saturated carbocycles. The first-order valence-electron chi connectivity index (χ1n) is 8.49. The van der Waals surface area contributed by atoms with Crippen molar-refractivity contribution in [3.05, 3.63) is 58.4 Å². The molecule has 4 heteroatoms. The smallest absolute Gasteiger partial charge is 0.270 e. The van der Waals surface area contributed by atoms with E-state index in [0.29, 0.717) is 24.3 Å². The van der Waals surface area contributed by atoms with E-state index in [4.69, 9.17) is 0 Å². The second kappa shape index (κ2) is 7.95. The molecule has 0 spiro atoms. The van der Waals surface area contributed by atoms with Gasteiger partial charge in [0, 0.05) is 24.3 Å². The molecule has 128 valence electrons. The predicted octanol–water partition coefficient (Wildman–Crippen LogP) is 4.28. The zero-order valence-corrected chi connectivity index (χ0v) is 15.0. The number of aromatic nitrogens is 1. The minimum Gasteiger partial charge on any atom is -0.354 e. The van der Waals surface area contributed by atoms with Crippen LogP contribution in [0.25, 0.3) is 0 Å². The van der Waals surface area contributed by atoms with E-state index in [1.165, 1.54) is 6.92 Å². The normalized spacial score (nSPS) is 10.7. The third-order valence-corrected chi connectivity index (χ3v) is 4.29. The van der Waals surface area contributed by atoms with Crippen molar-refractivity contribution in [3.8, 4) is 0 Å². The molecule has 1 aromatic carbocycles. The number of aryl methyl sites for hydroxylation is 1. The highest BCUT2D eigenvalue weighted by atomic mass is 16.2. The van der Waals surface area contributed by atoms with Crippen LogP contribution in [-0.2, 0) is 6.54 Å².